The predicted octanol–water partition coefficient (Wildman–Crippen LogP) is 2.60. The third-order valence-electron chi connectivity index (χ3n) is 6.65. The van der Waals surface area contributed by atoms with Crippen LogP contribution in [-0.4, -0.2) is 51.8 Å². The Kier molecular flexibility index (Phi) is 6.83. The summed E-state index contributed by atoms with van der Waals surface area (Å²) in [6.45, 7) is 6.65. The van der Waals surface area contributed by atoms with E-state index in [4.69, 9.17) is 4.74 Å². The monoisotopic (exact) mass is 451 g/mol. The van der Waals surface area contributed by atoms with Crippen LogP contribution < -0.4 is 15.6 Å². The minimum Gasteiger partial charge on any atom is -0.497 e. The fourth-order valence-electron chi connectivity index (χ4n) is 4.86. The lowest BCUT2D eigenvalue weighted by Gasteiger charge is -2.32. The molecule has 33 heavy (non-hydrogen) atoms. The highest BCUT2D eigenvalue weighted by Crippen LogP contribution is 2.21. The van der Waals surface area contributed by atoms with E-state index in [-0.39, 0.29) is 17.5 Å². The summed E-state index contributed by atoms with van der Waals surface area (Å²) in [6, 6.07) is 8.34. The van der Waals surface area contributed by atoms with Gasteiger partial charge in [0.05, 0.1) is 12.8 Å². The number of carbonyl (C=O) groups excluding carboxylic acids is 1. The topological polar surface area (TPSA) is 92.2 Å². The molecule has 8 heteroatoms. The van der Waals surface area contributed by atoms with Gasteiger partial charge in [-0.25, -0.2) is 0 Å². The number of hydrogen-bond acceptors (Lipinski definition) is 5. The van der Waals surface area contributed by atoms with Crippen LogP contribution in [0.25, 0.3) is 11.0 Å². The lowest BCUT2D eigenvalue weighted by atomic mass is 10.0. The second-order valence-electron chi connectivity index (χ2n) is 8.96. The summed E-state index contributed by atoms with van der Waals surface area (Å²) in [7, 11) is 3.50. The molecule has 2 aromatic heterocycles. The Morgan fingerprint density at radius 1 is 1.27 bits per heavy atom. The summed E-state index contributed by atoms with van der Waals surface area (Å²) in [5.74, 6) is 0.879. The van der Waals surface area contributed by atoms with Gasteiger partial charge in [-0.05, 0) is 56.4 Å². The average Bonchev–Trinajstić information content (AvgIpc) is 3.08. The first-order chi connectivity index (χ1) is 15.9. The number of amides is 1. The fraction of sp³-hybridized carbons (Fsp3) is 0.480. The molecule has 2 N–H and O–H groups in total. The molecule has 0 atom stereocenters. The predicted molar refractivity (Wildman–Crippen MR) is 129 cm³/mol. The molecule has 3 heterocycles. The van der Waals surface area contributed by atoms with Crippen molar-refractivity contribution in [3.05, 3.63) is 57.0 Å². The smallest absolute Gasteiger partial charge is 0.253 e. The van der Waals surface area contributed by atoms with Crippen molar-refractivity contribution in [3.8, 4) is 5.75 Å². The Morgan fingerprint density at radius 3 is 2.76 bits per heavy atom. The van der Waals surface area contributed by atoms with Crippen molar-refractivity contribution in [2.75, 3.05) is 20.2 Å². The van der Waals surface area contributed by atoms with E-state index in [0.29, 0.717) is 18.4 Å². The number of nitrogens with one attached hydrogen (secondary N) is 2. The Bertz CT molecular complexity index is 1200. The molecule has 176 valence electrons. The number of aromatic amines is 1. The first kappa shape index (κ1) is 23.0. The number of aryl methyl sites for hydroxylation is 3. The number of ether oxygens (including phenoxy) is 1. The Labute approximate surface area is 193 Å². The van der Waals surface area contributed by atoms with Crippen LogP contribution in [-0.2, 0) is 24.8 Å². The molecule has 0 radical (unpaired) electrons. The van der Waals surface area contributed by atoms with Crippen molar-refractivity contribution in [1.29, 1.82) is 0 Å². The molecule has 0 saturated carbocycles. The number of aromatic nitrogens is 3. The van der Waals surface area contributed by atoms with E-state index in [1.807, 2.05) is 33.0 Å². The number of carbonyl (C=O) groups is 1. The highest BCUT2D eigenvalue weighted by molar-refractivity contribution is 5.83. The summed E-state index contributed by atoms with van der Waals surface area (Å²) in [5, 5.41) is 8.54. The van der Waals surface area contributed by atoms with Gasteiger partial charge in [0.25, 0.3) is 5.56 Å². The standard InChI is InChI=1S/C25H33N5O3/c1-16-21(25(32)27-24-23(16)17(2)28-29(24)3)8-9-22(31)26-19-10-12-30(13-11-19)15-18-6-5-7-20(14-18)33-4/h5-7,14,19H,8-13,15H2,1-4H3,(H,26,31)(H,27,32). The van der Waals surface area contributed by atoms with Crippen molar-refractivity contribution in [2.24, 2.45) is 7.05 Å². The van der Waals surface area contributed by atoms with Gasteiger partial charge in [-0.1, -0.05) is 12.1 Å². The van der Waals surface area contributed by atoms with E-state index in [2.05, 4.69) is 32.4 Å². The molecule has 1 aliphatic heterocycles. The van der Waals surface area contributed by atoms with E-state index < -0.39 is 0 Å². The zero-order valence-electron chi connectivity index (χ0n) is 19.9. The van der Waals surface area contributed by atoms with Gasteiger partial charge in [-0.3, -0.25) is 19.2 Å². The molecule has 0 bridgehead atoms. The van der Waals surface area contributed by atoms with Crippen molar-refractivity contribution in [1.82, 2.24) is 25.0 Å². The summed E-state index contributed by atoms with van der Waals surface area (Å²) < 4.78 is 7.00. The van der Waals surface area contributed by atoms with Gasteiger partial charge in [0.15, 0.2) is 0 Å². The molecule has 4 rings (SSSR count). The number of rotatable bonds is 7. The summed E-state index contributed by atoms with van der Waals surface area (Å²) >= 11 is 0. The van der Waals surface area contributed by atoms with Crippen LogP contribution >= 0.6 is 0 Å². The van der Waals surface area contributed by atoms with Gasteiger partial charge in [-0.15, -0.1) is 0 Å². The summed E-state index contributed by atoms with van der Waals surface area (Å²) in [6.07, 6.45) is 2.58. The second kappa shape index (κ2) is 9.79. The highest BCUT2D eigenvalue weighted by Gasteiger charge is 2.21. The van der Waals surface area contributed by atoms with Crippen molar-refractivity contribution in [3.63, 3.8) is 0 Å². The zero-order valence-corrected chi connectivity index (χ0v) is 19.9. The number of benzene rings is 1. The van der Waals surface area contributed by atoms with Crippen LogP contribution in [0.4, 0.5) is 0 Å². The molecule has 0 aliphatic carbocycles. The van der Waals surface area contributed by atoms with E-state index in [1.165, 1.54) is 5.56 Å². The molecular formula is C25H33N5O3. The van der Waals surface area contributed by atoms with Crippen LogP contribution in [0.1, 0.15) is 41.6 Å². The van der Waals surface area contributed by atoms with Gasteiger partial charge in [0, 0.05) is 50.1 Å². The first-order valence-corrected chi connectivity index (χ1v) is 11.6. The Hall–Kier alpha value is -3.13. The molecule has 1 aliphatic rings. The lowest BCUT2D eigenvalue weighted by molar-refractivity contribution is -0.122. The van der Waals surface area contributed by atoms with E-state index in [1.54, 1.807) is 11.8 Å². The first-order valence-electron chi connectivity index (χ1n) is 11.6. The number of fused-ring (bicyclic) bond motifs is 1. The molecule has 1 amide bonds. The maximum absolute atomic E-state index is 12.6. The van der Waals surface area contributed by atoms with Crippen molar-refractivity contribution >= 4 is 16.9 Å². The van der Waals surface area contributed by atoms with Gasteiger partial charge in [-0.2, -0.15) is 5.10 Å². The number of hydrogen-bond donors (Lipinski definition) is 2. The quantitative estimate of drug-likeness (QED) is 0.576. The Balaban J connectivity index is 1.29. The van der Waals surface area contributed by atoms with Crippen molar-refractivity contribution in [2.45, 2.75) is 52.1 Å². The van der Waals surface area contributed by atoms with E-state index in [0.717, 1.165) is 60.5 Å². The Morgan fingerprint density at radius 2 is 2.03 bits per heavy atom. The summed E-state index contributed by atoms with van der Waals surface area (Å²) in [5.41, 5.74) is 4.29. The number of H-pyrrole nitrogens is 1. The zero-order chi connectivity index (χ0) is 23.5. The lowest BCUT2D eigenvalue weighted by Crippen LogP contribution is -2.44. The molecule has 0 unspecified atom stereocenters. The minimum atomic E-state index is -0.137. The normalized spacial score (nSPS) is 15.2. The van der Waals surface area contributed by atoms with Gasteiger partial charge in [0.2, 0.25) is 5.91 Å². The largest absolute Gasteiger partial charge is 0.497 e. The van der Waals surface area contributed by atoms with Crippen molar-refractivity contribution < 1.29 is 9.53 Å². The number of methoxy groups -OCH3 is 1. The minimum absolute atomic E-state index is 0.00283. The number of nitrogens with zero attached hydrogens (tertiary/aromatic N) is 3. The number of likely N-dealkylation sites (tertiary alicyclic amines) is 1. The van der Waals surface area contributed by atoms with Gasteiger partial charge < -0.3 is 15.0 Å². The second-order valence-corrected chi connectivity index (χ2v) is 8.96. The SMILES string of the molecule is COc1cccc(CN2CCC(NC(=O)CCc3c(C)c4c(C)nn(C)c4[nH]c3=O)CC2)c1. The van der Waals surface area contributed by atoms with Crippen LogP contribution in [0.15, 0.2) is 29.1 Å². The maximum Gasteiger partial charge on any atom is 0.253 e. The average molecular weight is 452 g/mol. The van der Waals surface area contributed by atoms with E-state index in [9.17, 15) is 9.59 Å². The van der Waals surface area contributed by atoms with Gasteiger partial charge in [0.1, 0.15) is 11.4 Å². The highest BCUT2D eigenvalue weighted by atomic mass is 16.5. The molecule has 8 nitrogen and oxygen atoms in total. The van der Waals surface area contributed by atoms with Crippen LogP contribution in [0, 0.1) is 13.8 Å². The number of pyridine rings is 1. The molecule has 1 fully saturated rings. The molecule has 0 spiro atoms. The molecule has 1 saturated heterocycles. The number of piperidine rings is 1. The molecule has 3 aromatic rings. The van der Waals surface area contributed by atoms with Crippen LogP contribution in [0.5, 0.6) is 5.75 Å². The van der Waals surface area contributed by atoms with E-state index >= 15 is 0 Å². The van der Waals surface area contributed by atoms with Crippen LogP contribution in [0.2, 0.25) is 0 Å². The third-order valence-corrected chi connectivity index (χ3v) is 6.65. The van der Waals surface area contributed by atoms with Crippen LogP contribution in [0.3, 0.4) is 0 Å². The van der Waals surface area contributed by atoms with Gasteiger partial charge >= 0.3 is 0 Å². The maximum atomic E-state index is 12.6. The molecule has 1 aromatic carbocycles. The summed E-state index contributed by atoms with van der Waals surface area (Å²) in [4.78, 5) is 30.6. The molecular weight excluding hydrogens is 418 g/mol. The third kappa shape index (κ3) is 5.11. The fourth-order valence-corrected chi connectivity index (χ4v) is 4.86.